The van der Waals surface area contributed by atoms with Crippen LogP contribution in [0.5, 0.6) is 0 Å². The summed E-state index contributed by atoms with van der Waals surface area (Å²) in [5.41, 5.74) is 4.38. The van der Waals surface area contributed by atoms with E-state index >= 15 is 0 Å². The van der Waals surface area contributed by atoms with Crippen molar-refractivity contribution in [3.63, 3.8) is 0 Å². The number of hydrogen-bond acceptors (Lipinski definition) is 5. The van der Waals surface area contributed by atoms with Gasteiger partial charge in [0.1, 0.15) is 0 Å². The third-order valence-electron chi connectivity index (χ3n) is 6.05. The predicted octanol–water partition coefficient (Wildman–Crippen LogP) is 4.34. The molecular formula is C26H26N4OS. The van der Waals surface area contributed by atoms with Crippen LogP contribution >= 0.6 is 11.3 Å². The molecule has 1 aliphatic rings. The Kier molecular flexibility index (Phi) is 6.25. The van der Waals surface area contributed by atoms with E-state index in [0.717, 1.165) is 37.6 Å². The van der Waals surface area contributed by atoms with Crippen molar-refractivity contribution in [3.05, 3.63) is 111 Å². The summed E-state index contributed by atoms with van der Waals surface area (Å²) in [6.45, 7) is 4.34. The van der Waals surface area contributed by atoms with Crippen LogP contribution in [0, 0.1) is 0 Å². The number of hydrogen-bond donors (Lipinski definition) is 0. The van der Waals surface area contributed by atoms with Crippen LogP contribution in [0.25, 0.3) is 11.4 Å². The zero-order chi connectivity index (χ0) is 21.8. The molecule has 1 aliphatic heterocycles. The van der Waals surface area contributed by atoms with Crippen LogP contribution in [-0.2, 0) is 6.67 Å². The summed E-state index contributed by atoms with van der Waals surface area (Å²) >= 11 is 1.24. The fourth-order valence-corrected chi connectivity index (χ4v) is 5.17. The molecule has 0 unspecified atom stereocenters. The molecule has 0 amide bonds. The minimum absolute atomic E-state index is 0.0690. The van der Waals surface area contributed by atoms with Gasteiger partial charge in [-0.3, -0.25) is 24.1 Å². The van der Waals surface area contributed by atoms with Crippen LogP contribution in [0.3, 0.4) is 0 Å². The van der Waals surface area contributed by atoms with Crippen molar-refractivity contribution in [2.24, 2.45) is 0 Å². The molecule has 32 heavy (non-hydrogen) atoms. The third kappa shape index (κ3) is 4.43. The van der Waals surface area contributed by atoms with E-state index in [9.17, 15) is 4.79 Å². The molecule has 0 N–H and O–H groups in total. The summed E-state index contributed by atoms with van der Waals surface area (Å²) in [6.07, 6.45) is 1.77. The van der Waals surface area contributed by atoms with E-state index in [1.165, 1.54) is 22.5 Å². The van der Waals surface area contributed by atoms with Crippen LogP contribution in [0.4, 0.5) is 0 Å². The van der Waals surface area contributed by atoms with Crippen molar-refractivity contribution in [2.45, 2.75) is 12.7 Å². The van der Waals surface area contributed by atoms with Crippen LogP contribution in [0.15, 0.2) is 95.2 Å². The summed E-state index contributed by atoms with van der Waals surface area (Å²) < 4.78 is 1.86. The first-order chi connectivity index (χ1) is 15.8. The quantitative estimate of drug-likeness (QED) is 0.446. The number of pyridine rings is 1. The molecule has 0 saturated carbocycles. The lowest BCUT2D eigenvalue weighted by Crippen LogP contribution is -2.48. The number of aromatic nitrogens is 2. The van der Waals surface area contributed by atoms with Gasteiger partial charge in [-0.2, -0.15) is 0 Å². The molecule has 0 aliphatic carbocycles. The highest BCUT2D eigenvalue weighted by molar-refractivity contribution is 7.07. The number of rotatable bonds is 6. The molecule has 2 aromatic carbocycles. The SMILES string of the molecule is O=c1scc(-c2ccccn2)n1CN1CCN(C(c2ccccc2)c2ccccc2)CC1. The lowest BCUT2D eigenvalue weighted by molar-refractivity contribution is 0.0884. The Morgan fingerprint density at radius 1 is 0.812 bits per heavy atom. The van der Waals surface area contributed by atoms with Crippen LogP contribution in [0.1, 0.15) is 17.2 Å². The maximum Gasteiger partial charge on any atom is 0.308 e. The van der Waals surface area contributed by atoms with Gasteiger partial charge in [0.05, 0.1) is 24.1 Å². The Hall–Kier alpha value is -3.06. The standard InChI is InChI=1S/C26H26N4OS/c31-26-30(24(19-32-26)23-13-7-8-14-27-23)20-28-15-17-29(18-16-28)25(21-9-3-1-4-10-21)22-11-5-2-6-12-22/h1-14,19,25H,15-18,20H2. The second kappa shape index (κ2) is 9.61. The highest BCUT2D eigenvalue weighted by Gasteiger charge is 2.27. The zero-order valence-electron chi connectivity index (χ0n) is 17.9. The first-order valence-electron chi connectivity index (χ1n) is 11.0. The van der Waals surface area contributed by atoms with Gasteiger partial charge >= 0.3 is 4.87 Å². The van der Waals surface area contributed by atoms with Crippen LogP contribution in [0.2, 0.25) is 0 Å². The molecule has 2 aromatic heterocycles. The predicted molar refractivity (Wildman–Crippen MR) is 130 cm³/mol. The summed E-state index contributed by atoms with van der Waals surface area (Å²) in [4.78, 5) is 22.0. The van der Waals surface area contributed by atoms with Crippen molar-refractivity contribution in [1.82, 2.24) is 19.4 Å². The van der Waals surface area contributed by atoms with Crippen molar-refractivity contribution in [1.29, 1.82) is 0 Å². The number of piperazine rings is 1. The van der Waals surface area contributed by atoms with Gasteiger partial charge in [-0.1, -0.05) is 78.1 Å². The second-order valence-electron chi connectivity index (χ2n) is 8.05. The van der Waals surface area contributed by atoms with E-state index in [1.807, 2.05) is 28.1 Å². The molecule has 6 heteroatoms. The minimum Gasteiger partial charge on any atom is -0.290 e. The summed E-state index contributed by atoms with van der Waals surface area (Å²) in [5, 5.41) is 1.92. The highest BCUT2D eigenvalue weighted by atomic mass is 32.1. The van der Waals surface area contributed by atoms with E-state index in [-0.39, 0.29) is 10.9 Å². The normalized spacial score (nSPS) is 15.3. The minimum atomic E-state index is 0.0690. The lowest BCUT2D eigenvalue weighted by Gasteiger charge is -2.39. The van der Waals surface area contributed by atoms with Gasteiger partial charge in [-0.25, -0.2) is 0 Å². The third-order valence-corrected chi connectivity index (χ3v) is 6.82. The Balaban J connectivity index is 1.32. The fourth-order valence-electron chi connectivity index (χ4n) is 4.43. The Labute approximate surface area is 192 Å². The van der Waals surface area contributed by atoms with Crippen molar-refractivity contribution < 1.29 is 0 Å². The van der Waals surface area contributed by atoms with Gasteiger partial charge in [0.25, 0.3) is 0 Å². The topological polar surface area (TPSA) is 41.4 Å². The Bertz CT molecular complexity index is 1140. The highest BCUT2D eigenvalue weighted by Crippen LogP contribution is 2.29. The van der Waals surface area contributed by atoms with E-state index in [2.05, 4.69) is 75.4 Å². The van der Waals surface area contributed by atoms with Crippen LogP contribution < -0.4 is 4.87 Å². The largest absolute Gasteiger partial charge is 0.308 e. The van der Waals surface area contributed by atoms with Crippen LogP contribution in [-0.4, -0.2) is 45.5 Å². The van der Waals surface area contributed by atoms with E-state index < -0.39 is 0 Å². The zero-order valence-corrected chi connectivity index (χ0v) is 18.7. The molecule has 4 aromatic rings. The van der Waals surface area contributed by atoms with Crippen molar-refractivity contribution in [3.8, 4) is 11.4 Å². The maximum atomic E-state index is 12.5. The number of nitrogens with zero attached hydrogens (tertiary/aromatic N) is 4. The van der Waals surface area contributed by atoms with E-state index in [4.69, 9.17) is 0 Å². The first kappa shape index (κ1) is 20.8. The van der Waals surface area contributed by atoms with Gasteiger partial charge in [-0.15, -0.1) is 0 Å². The molecule has 3 heterocycles. The summed E-state index contributed by atoms with van der Waals surface area (Å²) in [5.74, 6) is 0. The average molecular weight is 443 g/mol. The molecule has 162 valence electrons. The van der Waals surface area contributed by atoms with Crippen molar-refractivity contribution in [2.75, 3.05) is 26.2 Å². The molecular weight excluding hydrogens is 416 g/mol. The smallest absolute Gasteiger partial charge is 0.290 e. The monoisotopic (exact) mass is 442 g/mol. The van der Waals surface area contributed by atoms with Crippen molar-refractivity contribution >= 4 is 11.3 Å². The second-order valence-corrected chi connectivity index (χ2v) is 8.87. The van der Waals surface area contributed by atoms with Gasteiger partial charge in [0.2, 0.25) is 0 Å². The Morgan fingerprint density at radius 3 is 2.03 bits per heavy atom. The van der Waals surface area contributed by atoms with E-state index in [1.54, 1.807) is 6.20 Å². The molecule has 1 saturated heterocycles. The summed E-state index contributed by atoms with van der Waals surface area (Å²) in [7, 11) is 0. The average Bonchev–Trinajstić information content (AvgIpc) is 3.22. The van der Waals surface area contributed by atoms with Gasteiger partial charge in [0, 0.05) is 37.8 Å². The maximum absolute atomic E-state index is 12.5. The Morgan fingerprint density at radius 2 is 1.44 bits per heavy atom. The molecule has 5 nitrogen and oxygen atoms in total. The summed E-state index contributed by atoms with van der Waals surface area (Å²) in [6, 6.07) is 27.5. The van der Waals surface area contributed by atoms with E-state index in [0.29, 0.717) is 6.67 Å². The lowest BCUT2D eigenvalue weighted by atomic mass is 9.96. The molecule has 0 radical (unpaired) electrons. The molecule has 5 rings (SSSR count). The fraction of sp³-hybridized carbons (Fsp3) is 0.231. The van der Waals surface area contributed by atoms with Gasteiger partial charge in [0.15, 0.2) is 0 Å². The molecule has 0 atom stereocenters. The number of thiazole rings is 1. The molecule has 0 spiro atoms. The molecule has 0 bridgehead atoms. The first-order valence-corrected chi connectivity index (χ1v) is 11.8. The van der Waals surface area contributed by atoms with Gasteiger partial charge in [-0.05, 0) is 23.3 Å². The molecule has 1 fully saturated rings. The number of benzene rings is 2. The van der Waals surface area contributed by atoms with Gasteiger partial charge < -0.3 is 0 Å².